The van der Waals surface area contributed by atoms with E-state index in [1.54, 1.807) is 9.80 Å². The number of hydrogen-bond acceptors (Lipinski definition) is 5. The molecule has 0 bridgehead atoms. The molecule has 220 valence electrons. The molecule has 2 aromatic heterocycles. The Labute approximate surface area is 244 Å². The maximum absolute atomic E-state index is 13.3. The molecule has 1 unspecified atom stereocenters. The number of nitrogens with zero attached hydrogens (tertiary/aromatic N) is 5. The maximum atomic E-state index is 13.3. The second-order valence-electron chi connectivity index (χ2n) is 12.3. The van der Waals surface area contributed by atoms with Gasteiger partial charge in [0.1, 0.15) is 12.4 Å². The van der Waals surface area contributed by atoms with Gasteiger partial charge in [0, 0.05) is 63.6 Å². The summed E-state index contributed by atoms with van der Waals surface area (Å²) in [6.45, 7) is 2.18. The van der Waals surface area contributed by atoms with E-state index < -0.39 is 12.7 Å². The highest BCUT2D eigenvalue weighted by Gasteiger charge is 2.30. The third kappa shape index (κ3) is 4.71. The summed E-state index contributed by atoms with van der Waals surface area (Å²) in [5.41, 5.74) is 11.2. The van der Waals surface area contributed by atoms with Crippen molar-refractivity contribution in [2.45, 2.75) is 38.3 Å². The number of hydrogen-bond donors (Lipinski definition) is 1. The summed E-state index contributed by atoms with van der Waals surface area (Å²) in [4.78, 5) is 33.8. The highest BCUT2D eigenvalue weighted by Crippen LogP contribution is 2.39. The van der Waals surface area contributed by atoms with Gasteiger partial charge in [-0.2, -0.15) is 0 Å². The number of aryl methyl sites for hydroxylation is 1. The van der Waals surface area contributed by atoms with Crippen molar-refractivity contribution in [1.82, 2.24) is 23.9 Å². The van der Waals surface area contributed by atoms with Crippen LogP contribution in [0.5, 0.6) is 5.75 Å². The van der Waals surface area contributed by atoms with Crippen LogP contribution < -0.4 is 10.5 Å². The minimum Gasteiger partial charge on any atom is -0.491 e. The zero-order valence-electron chi connectivity index (χ0n) is 24.2. The molecule has 2 aliphatic heterocycles. The van der Waals surface area contributed by atoms with Crippen molar-refractivity contribution in [2.75, 3.05) is 40.0 Å². The molecule has 10 heteroatoms. The molecular weight excluding hydrogens is 535 g/mol. The largest absolute Gasteiger partial charge is 0.491 e. The normalized spacial score (nSPS) is 19.8. The van der Waals surface area contributed by atoms with Gasteiger partial charge in [-0.3, -0.25) is 9.59 Å². The number of para-hydroxylation sites is 1. The number of carbonyl (C=O) groups excluding carboxylic acids is 2. The molecule has 4 aromatic rings. The average molecular weight is 573 g/mol. The highest BCUT2D eigenvalue weighted by atomic mass is 19.1. The number of nitrogens with two attached hydrogens (primary N) is 1. The fourth-order valence-corrected chi connectivity index (χ4v) is 6.57. The topological polar surface area (TPSA) is 98.6 Å². The summed E-state index contributed by atoms with van der Waals surface area (Å²) in [7, 11) is 3.87. The summed E-state index contributed by atoms with van der Waals surface area (Å²) < 4.78 is 23.9. The van der Waals surface area contributed by atoms with Crippen molar-refractivity contribution < 1.29 is 18.7 Å². The molecule has 7 rings (SSSR count). The van der Waals surface area contributed by atoms with Crippen LogP contribution in [0.2, 0.25) is 0 Å². The van der Waals surface area contributed by atoms with Crippen molar-refractivity contribution in [3.05, 3.63) is 47.5 Å². The lowest BCUT2D eigenvalue weighted by atomic mass is 9.97. The molecule has 2 fully saturated rings. The molecule has 0 radical (unpaired) electrons. The Morgan fingerprint density at radius 3 is 2.71 bits per heavy atom. The predicted octanol–water partition coefficient (Wildman–Crippen LogP) is 3.76. The van der Waals surface area contributed by atoms with E-state index in [1.165, 1.54) is 12.8 Å². The van der Waals surface area contributed by atoms with Crippen LogP contribution in [-0.2, 0) is 24.8 Å². The summed E-state index contributed by atoms with van der Waals surface area (Å²) in [6, 6.07) is 11.6. The van der Waals surface area contributed by atoms with Crippen LogP contribution in [0.3, 0.4) is 0 Å². The van der Waals surface area contributed by atoms with Crippen LogP contribution in [0.4, 0.5) is 4.39 Å². The van der Waals surface area contributed by atoms with Crippen molar-refractivity contribution in [1.29, 1.82) is 0 Å². The first kappa shape index (κ1) is 26.9. The van der Waals surface area contributed by atoms with E-state index in [0.717, 1.165) is 57.9 Å². The Morgan fingerprint density at radius 1 is 1.14 bits per heavy atom. The second kappa shape index (κ2) is 10.4. The van der Waals surface area contributed by atoms with E-state index in [9.17, 15) is 14.0 Å². The number of rotatable bonds is 9. The molecule has 0 spiro atoms. The molecular formula is C32H37FN6O3. The van der Waals surface area contributed by atoms with Gasteiger partial charge < -0.3 is 29.4 Å². The fraction of sp³-hybridized carbons (Fsp3) is 0.469. The number of amides is 2. The maximum Gasteiger partial charge on any atom is 0.254 e. The second-order valence-corrected chi connectivity index (χ2v) is 12.3. The van der Waals surface area contributed by atoms with Crippen molar-refractivity contribution in [2.24, 2.45) is 24.6 Å². The van der Waals surface area contributed by atoms with Gasteiger partial charge in [0.25, 0.3) is 5.91 Å². The number of alkyl halides is 1. The van der Waals surface area contributed by atoms with Gasteiger partial charge in [0.2, 0.25) is 5.91 Å². The number of aromatic nitrogens is 3. The first-order valence-corrected chi connectivity index (χ1v) is 14.9. The zero-order chi connectivity index (χ0) is 29.1. The summed E-state index contributed by atoms with van der Waals surface area (Å²) in [6.07, 6.45) is 3.63. The van der Waals surface area contributed by atoms with E-state index in [4.69, 9.17) is 15.5 Å². The first-order chi connectivity index (χ1) is 20.3. The lowest BCUT2D eigenvalue weighted by Crippen LogP contribution is -2.45. The molecule has 2 N–H and O–H groups in total. The lowest BCUT2D eigenvalue weighted by Gasteiger charge is -2.30. The molecule has 1 aliphatic carbocycles. The van der Waals surface area contributed by atoms with Crippen molar-refractivity contribution >= 4 is 33.8 Å². The van der Waals surface area contributed by atoms with E-state index in [-0.39, 0.29) is 24.3 Å². The fourth-order valence-electron chi connectivity index (χ4n) is 6.57. The summed E-state index contributed by atoms with van der Waals surface area (Å²) in [5, 5.41) is 1.09. The minimum absolute atomic E-state index is 0.117. The number of halogens is 1. The van der Waals surface area contributed by atoms with Crippen LogP contribution in [0.15, 0.2) is 36.4 Å². The number of likely N-dealkylation sites (tertiary alicyclic amines) is 1. The van der Waals surface area contributed by atoms with E-state index in [2.05, 4.69) is 27.3 Å². The van der Waals surface area contributed by atoms with Crippen LogP contribution in [0.25, 0.3) is 33.5 Å². The predicted molar refractivity (Wildman–Crippen MR) is 159 cm³/mol. The Bertz CT molecular complexity index is 1710. The van der Waals surface area contributed by atoms with E-state index >= 15 is 0 Å². The molecule has 2 atom stereocenters. The minimum atomic E-state index is -0.676. The molecule has 2 aromatic carbocycles. The Kier molecular flexibility index (Phi) is 6.68. The first-order valence-electron chi connectivity index (χ1n) is 14.9. The summed E-state index contributed by atoms with van der Waals surface area (Å²) in [5.74, 6) is 2.52. The number of ether oxygens (including phenoxy) is 1. The van der Waals surface area contributed by atoms with Gasteiger partial charge >= 0.3 is 0 Å². The third-order valence-electron chi connectivity index (χ3n) is 9.07. The molecule has 3 aliphatic rings. The molecule has 9 nitrogen and oxygen atoms in total. The van der Waals surface area contributed by atoms with E-state index in [1.807, 2.05) is 32.3 Å². The Hall–Kier alpha value is -3.92. The van der Waals surface area contributed by atoms with Crippen molar-refractivity contribution in [3.63, 3.8) is 0 Å². The monoisotopic (exact) mass is 572 g/mol. The number of fused-ring (bicyclic) bond motifs is 3. The van der Waals surface area contributed by atoms with Gasteiger partial charge in [-0.25, -0.2) is 9.37 Å². The van der Waals surface area contributed by atoms with Crippen LogP contribution in [0, 0.1) is 11.8 Å². The quantitative estimate of drug-likeness (QED) is 0.329. The third-order valence-corrected chi connectivity index (χ3v) is 9.07. The Balaban J connectivity index is 1.27. The van der Waals surface area contributed by atoms with Gasteiger partial charge in [-0.1, -0.05) is 12.1 Å². The lowest BCUT2D eigenvalue weighted by molar-refractivity contribution is -0.126. The average Bonchev–Trinajstić information content (AvgIpc) is 3.54. The molecule has 2 amide bonds. The summed E-state index contributed by atoms with van der Waals surface area (Å²) >= 11 is 0. The number of benzene rings is 2. The van der Waals surface area contributed by atoms with Crippen LogP contribution >= 0.6 is 0 Å². The van der Waals surface area contributed by atoms with E-state index in [0.29, 0.717) is 37.5 Å². The molecule has 42 heavy (non-hydrogen) atoms. The highest BCUT2D eigenvalue weighted by molar-refractivity contribution is 6.01. The Morgan fingerprint density at radius 2 is 1.98 bits per heavy atom. The number of carbonyl (C=O) groups is 2. The molecule has 1 saturated heterocycles. The van der Waals surface area contributed by atoms with Crippen LogP contribution in [-0.4, -0.2) is 81.7 Å². The molecule has 4 heterocycles. The van der Waals surface area contributed by atoms with Gasteiger partial charge in [-0.05, 0) is 55.0 Å². The zero-order valence-corrected chi connectivity index (χ0v) is 24.2. The van der Waals surface area contributed by atoms with Gasteiger partial charge in [0.15, 0.2) is 5.82 Å². The van der Waals surface area contributed by atoms with Gasteiger partial charge in [-0.15, -0.1) is 0 Å². The smallest absolute Gasteiger partial charge is 0.254 e. The number of imidazole rings is 1. The standard InChI is InChI=1S/C32H37FN6O3/c1-36-15-20(10-29(36)40)18-42-28-5-3-4-22-12-27(39(30(22)28)16-19-6-7-19)31-35-25-13-24-21(11-26(25)37(31)2)8-9-38(32(24)41)17-23(34)14-33/h3-5,11-13,19-20,23H,6-10,14-18,34H2,1-2H3/t20?,23-/m1/s1. The molecule has 1 saturated carbocycles. The SMILES string of the molecule is CN1CC(COc2cccc3cc(-c4nc5cc6c(cc5n4C)CCN(C[C@H](N)CF)C6=O)n(CC4CC4)c23)CC1=O. The van der Waals surface area contributed by atoms with Crippen molar-refractivity contribution in [3.8, 4) is 17.3 Å². The van der Waals surface area contributed by atoms with Crippen LogP contribution in [0.1, 0.15) is 35.2 Å². The van der Waals surface area contributed by atoms with Gasteiger partial charge in [0.05, 0.1) is 34.9 Å².